The van der Waals surface area contributed by atoms with Gasteiger partial charge in [0.05, 0.1) is 5.69 Å². The number of ether oxygens (including phenoxy) is 1. The Labute approximate surface area is 193 Å². The van der Waals surface area contributed by atoms with Gasteiger partial charge in [0.2, 0.25) is 0 Å². The second-order valence-corrected chi connectivity index (χ2v) is 8.56. The molecule has 0 unspecified atom stereocenters. The highest BCUT2D eigenvalue weighted by Crippen LogP contribution is 2.23. The van der Waals surface area contributed by atoms with E-state index in [4.69, 9.17) is 20.8 Å². The van der Waals surface area contributed by atoms with Crippen LogP contribution in [-0.2, 0) is 19.7 Å². The Hall–Kier alpha value is -2.77. The van der Waals surface area contributed by atoms with Crippen molar-refractivity contribution < 1.29 is 13.9 Å². The summed E-state index contributed by atoms with van der Waals surface area (Å²) < 4.78 is 13.6. The van der Waals surface area contributed by atoms with Gasteiger partial charge in [-0.25, -0.2) is 0 Å². The summed E-state index contributed by atoms with van der Waals surface area (Å²) in [6.07, 6.45) is 2.12. The van der Waals surface area contributed by atoms with E-state index < -0.39 is 0 Å². The largest absolute Gasteiger partial charge is 0.485 e. The molecule has 0 radical (unpaired) electrons. The second kappa shape index (κ2) is 9.79. The van der Waals surface area contributed by atoms with Crippen LogP contribution in [-0.4, -0.2) is 51.7 Å². The lowest BCUT2D eigenvalue weighted by atomic mass is 10.2. The Bertz CT molecular complexity index is 1080. The van der Waals surface area contributed by atoms with Crippen LogP contribution in [0.2, 0.25) is 5.02 Å². The van der Waals surface area contributed by atoms with Gasteiger partial charge in [0, 0.05) is 56.1 Å². The van der Waals surface area contributed by atoms with Crippen LogP contribution in [0.4, 0.5) is 0 Å². The Kier molecular flexibility index (Phi) is 6.86. The van der Waals surface area contributed by atoms with E-state index in [2.05, 4.69) is 23.1 Å². The molecule has 0 bridgehead atoms. The standard InChI is InChI=1S/C24H29ClN4O3/c1-4-29-15-19(18(3)26-29)14-27-9-11-28(12-10-27)24(30)23-8-6-21(32-23)16-31-22-7-5-20(25)13-17(22)2/h5-8,13,15H,4,9-12,14,16H2,1-3H3. The number of rotatable bonds is 7. The van der Waals surface area contributed by atoms with Crippen LogP contribution >= 0.6 is 11.6 Å². The topological polar surface area (TPSA) is 63.7 Å². The fourth-order valence-electron chi connectivity index (χ4n) is 3.88. The van der Waals surface area contributed by atoms with Gasteiger partial charge in [0.25, 0.3) is 5.91 Å². The number of carbonyl (C=O) groups is 1. The molecule has 170 valence electrons. The number of carbonyl (C=O) groups excluding carboxylic acids is 1. The van der Waals surface area contributed by atoms with E-state index >= 15 is 0 Å². The number of aryl methyl sites for hydroxylation is 3. The third-order valence-electron chi connectivity index (χ3n) is 5.80. The predicted octanol–water partition coefficient (Wildman–Crippen LogP) is 4.30. The van der Waals surface area contributed by atoms with E-state index in [9.17, 15) is 4.79 Å². The maximum Gasteiger partial charge on any atom is 0.289 e. The van der Waals surface area contributed by atoms with Gasteiger partial charge in [-0.1, -0.05) is 11.6 Å². The fourth-order valence-corrected chi connectivity index (χ4v) is 4.10. The number of amides is 1. The highest BCUT2D eigenvalue weighted by Gasteiger charge is 2.25. The molecule has 1 aliphatic heterocycles. The van der Waals surface area contributed by atoms with Gasteiger partial charge in [-0.05, 0) is 56.7 Å². The average Bonchev–Trinajstić information content (AvgIpc) is 3.40. The minimum Gasteiger partial charge on any atom is -0.485 e. The molecule has 0 aliphatic carbocycles. The van der Waals surface area contributed by atoms with Gasteiger partial charge < -0.3 is 14.1 Å². The number of halogens is 1. The first-order valence-electron chi connectivity index (χ1n) is 10.9. The monoisotopic (exact) mass is 456 g/mol. The van der Waals surface area contributed by atoms with E-state index in [1.54, 1.807) is 18.2 Å². The van der Waals surface area contributed by atoms with Gasteiger partial charge >= 0.3 is 0 Å². The minimum atomic E-state index is -0.0754. The number of hydrogen-bond acceptors (Lipinski definition) is 5. The summed E-state index contributed by atoms with van der Waals surface area (Å²) in [5.74, 6) is 1.64. The Balaban J connectivity index is 1.29. The van der Waals surface area contributed by atoms with Crippen LogP contribution in [0.15, 0.2) is 40.9 Å². The molecule has 0 saturated carbocycles. The van der Waals surface area contributed by atoms with Crippen molar-refractivity contribution in [3.8, 4) is 5.75 Å². The molecule has 7 nitrogen and oxygen atoms in total. The Morgan fingerprint density at radius 2 is 1.94 bits per heavy atom. The van der Waals surface area contributed by atoms with Crippen molar-refractivity contribution in [2.75, 3.05) is 26.2 Å². The number of piperazine rings is 1. The van der Waals surface area contributed by atoms with Crippen LogP contribution < -0.4 is 4.74 Å². The molecule has 0 spiro atoms. The molecule has 1 aliphatic rings. The molecule has 4 rings (SSSR count). The van der Waals surface area contributed by atoms with E-state index in [1.807, 2.05) is 35.6 Å². The SMILES string of the molecule is CCn1cc(CN2CCN(C(=O)c3ccc(COc4ccc(Cl)cc4C)o3)CC2)c(C)n1. The molecular weight excluding hydrogens is 428 g/mol. The van der Waals surface area contributed by atoms with Crippen molar-refractivity contribution >= 4 is 17.5 Å². The Morgan fingerprint density at radius 3 is 2.62 bits per heavy atom. The van der Waals surface area contributed by atoms with E-state index in [0.29, 0.717) is 29.6 Å². The van der Waals surface area contributed by atoms with Crippen molar-refractivity contribution in [3.05, 3.63) is 69.9 Å². The molecule has 3 heterocycles. The zero-order valence-corrected chi connectivity index (χ0v) is 19.6. The van der Waals surface area contributed by atoms with Gasteiger partial charge in [-0.3, -0.25) is 14.4 Å². The van der Waals surface area contributed by atoms with Crippen LogP contribution in [0.25, 0.3) is 0 Å². The number of aromatic nitrogens is 2. The lowest BCUT2D eigenvalue weighted by Crippen LogP contribution is -2.48. The van der Waals surface area contributed by atoms with Gasteiger partial charge in [-0.2, -0.15) is 5.10 Å². The van der Waals surface area contributed by atoms with E-state index in [0.717, 1.165) is 43.2 Å². The molecule has 8 heteroatoms. The van der Waals surface area contributed by atoms with Gasteiger partial charge in [0.15, 0.2) is 5.76 Å². The first kappa shape index (κ1) is 22.4. The van der Waals surface area contributed by atoms with Crippen molar-refractivity contribution in [1.82, 2.24) is 19.6 Å². The highest BCUT2D eigenvalue weighted by molar-refractivity contribution is 6.30. The first-order chi connectivity index (χ1) is 15.4. The number of nitrogens with zero attached hydrogens (tertiary/aromatic N) is 4. The maximum absolute atomic E-state index is 12.9. The molecule has 1 aromatic carbocycles. The summed E-state index contributed by atoms with van der Waals surface area (Å²) in [5, 5.41) is 5.19. The lowest BCUT2D eigenvalue weighted by molar-refractivity contribution is 0.0594. The zero-order chi connectivity index (χ0) is 22.7. The van der Waals surface area contributed by atoms with Crippen LogP contribution in [0.3, 0.4) is 0 Å². The van der Waals surface area contributed by atoms with E-state index in [1.165, 1.54) is 5.56 Å². The molecule has 3 aromatic rings. The number of benzene rings is 1. The summed E-state index contributed by atoms with van der Waals surface area (Å²) in [6, 6.07) is 9.00. The summed E-state index contributed by atoms with van der Waals surface area (Å²) >= 11 is 5.99. The summed E-state index contributed by atoms with van der Waals surface area (Å²) in [5.41, 5.74) is 3.28. The molecule has 1 fully saturated rings. The van der Waals surface area contributed by atoms with E-state index in [-0.39, 0.29) is 12.5 Å². The van der Waals surface area contributed by atoms with Gasteiger partial charge in [-0.15, -0.1) is 0 Å². The molecule has 2 aromatic heterocycles. The number of furan rings is 1. The molecule has 1 saturated heterocycles. The summed E-state index contributed by atoms with van der Waals surface area (Å²) in [6.45, 7) is 11.1. The second-order valence-electron chi connectivity index (χ2n) is 8.13. The molecule has 0 N–H and O–H groups in total. The number of hydrogen-bond donors (Lipinski definition) is 0. The van der Waals surface area contributed by atoms with Crippen molar-refractivity contribution in [2.45, 2.75) is 40.5 Å². The van der Waals surface area contributed by atoms with Crippen molar-refractivity contribution in [1.29, 1.82) is 0 Å². The predicted molar refractivity (Wildman–Crippen MR) is 123 cm³/mol. The summed E-state index contributed by atoms with van der Waals surface area (Å²) in [4.78, 5) is 17.1. The van der Waals surface area contributed by atoms with Gasteiger partial charge in [0.1, 0.15) is 18.1 Å². The highest BCUT2D eigenvalue weighted by atomic mass is 35.5. The molecule has 32 heavy (non-hydrogen) atoms. The smallest absolute Gasteiger partial charge is 0.289 e. The van der Waals surface area contributed by atoms with Crippen LogP contribution in [0, 0.1) is 13.8 Å². The zero-order valence-electron chi connectivity index (χ0n) is 18.8. The normalized spacial score (nSPS) is 14.7. The first-order valence-corrected chi connectivity index (χ1v) is 11.3. The third kappa shape index (κ3) is 5.16. The van der Waals surface area contributed by atoms with Crippen molar-refractivity contribution in [2.24, 2.45) is 0 Å². The van der Waals surface area contributed by atoms with Crippen LogP contribution in [0.1, 0.15) is 40.1 Å². The molecule has 1 amide bonds. The minimum absolute atomic E-state index is 0.0754. The fraction of sp³-hybridized carbons (Fsp3) is 0.417. The van der Waals surface area contributed by atoms with Crippen molar-refractivity contribution in [3.63, 3.8) is 0 Å². The Morgan fingerprint density at radius 1 is 1.16 bits per heavy atom. The maximum atomic E-state index is 12.9. The third-order valence-corrected chi connectivity index (χ3v) is 6.04. The molecule has 0 atom stereocenters. The lowest BCUT2D eigenvalue weighted by Gasteiger charge is -2.34. The summed E-state index contributed by atoms with van der Waals surface area (Å²) in [7, 11) is 0. The van der Waals surface area contributed by atoms with Crippen LogP contribution in [0.5, 0.6) is 5.75 Å². The molecular formula is C24H29ClN4O3. The quantitative estimate of drug-likeness (QED) is 0.530. The average molecular weight is 457 g/mol.